The Morgan fingerprint density at radius 2 is 1.81 bits per heavy atom. The van der Waals surface area contributed by atoms with Crippen molar-refractivity contribution in [2.45, 2.75) is 44.8 Å². The molecular formula is C37H37FN10O4. The number of fused-ring (bicyclic) bond motifs is 3. The molecule has 2 saturated heterocycles. The van der Waals surface area contributed by atoms with E-state index in [0.29, 0.717) is 54.2 Å². The highest BCUT2D eigenvalue weighted by Crippen LogP contribution is 2.28. The zero-order chi connectivity index (χ0) is 35.9. The van der Waals surface area contributed by atoms with E-state index in [0.717, 1.165) is 42.8 Å². The van der Waals surface area contributed by atoms with Gasteiger partial charge in [-0.25, -0.2) is 9.97 Å². The van der Waals surface area contributed by atoms with Gasteiger partial charge in [0, 0.05) is 74.7 Å². The summed E-state index contributed by atoms with van der Waals surface area (Å²) in [5.74, 6) is -2.20. The van der Waals surface area contributed by atoms with Crippen molar-refractivity contribution in [1.82, 2.24) is 39.8 Å². The van der Waals surface area contributed by atoms with Crippen LogP contribution in [0.3, 0.4) is 0 Å². The van der Waals surface area contributed by atoms with E-state index in [2.05, 4.69) is 65.1 Å². The molecule has 0 spiro atoms. The third-order valence-corrected chi connectivity index (χ3v) is 10.0. The standard InChI is InChI=1S/C37H37FN10O4/c1-22-16-40-37(52)31-15-24-4-8-30(43-34(24)48(22)31)36(51)42-27-18-41-47(21-27)19-23-2-5-28(6-3-23)46-12-10-45(11-13-46)20-26-14-25(17-39-33(26)38)29-7-9-32(49)44-35(29)50/h2-6,8,14-15,17-18,21-22,29H,7,9-13,16,19-20H2,1H3,(H,40,52)(H,42,51)(H,44,49,50)/t22-,29?/m1/s1. The molecule has 0 aliphatic carbocycles. The molecule has 0 saturated carbocycles. The molecule has 14 nitrogen and oxygen atoms in total. The number of pyridine rings is 2. The molecule has 4 amide bonds. The van der Waals surface area contributed by atoms with Gasteiger partial charge in [-0.15, -0.1) is 0 Å². The number of imide groups is 1. The first-order valence-electron chi connectivity index (χ1n) is 17.4. The van der Waals surface area contributed by atoms with Crippen molar-refractivity contribution in [3.8, 4) is 0 Å². The summed E-state index contributed by atoms with van der Waals surface area (Å²) in [5.41, 5.74) is 5.15. The summed E-state index contributed by atoms with van der Waals surface area (Å²) >= 11 is 0. The van der Waals surface area contributed by atoms with Gasteiger partial charge in [0.1, 0.15) is 17.0 Å². The summed E-state index contributed by atoms with van der Waals surface area (Å²) < 4.78 is 18.3. The number of nitrogens with one attached hydrogen (secondary N) is 3. The number of hydrogen-bond donors (Lipinski definition) is 3. The van der Waals surface area contributed by atoms with Gasteiger partial charge in [-0.05, 0) is 60.9 Å². The zero-order valence-corrected chi connectivity index (χ0v) is 28.5. The number of piperidine rings is 1. The molecule has 8 rings (SSSR count). The van der Waals surface area contributed by atoms with Crippen LogP contribution < -0.4 is 20.9 Å². The highest BCUT2D eigenvalue weighted by atomic mass is 19.1. The molecule has 2 atom stereocenters. The average Bonchev–Trinajstić information content (AvgIpc) is 3.76. The van der Waals surface area contributed by atoms with Crippen LogP contribution in [-0.4, -0.2) is 85.6 Å². The molecule has 4 aromatic heterocycles. The number of piperazine rings is 1. The van der Waals surface area contributed by atoms with Crippen LogP contribution in [-0.2, 0) is 22.7 Å². The van der Waals surface area contributed by atoms with Gasteiger partial charge in [-0.1, -0.05) is 12.1 Å². The van der Waals surface area contributed by atoms with Crippen LogP contribution in [0.4, 0.5) is 15.8 Å². The van der Waals surface area contributed by atoms with Crippen molar-refractivity contribution in [1.29, 1.82) is 0 Å². The smallest absolute Gasteiger partial charge is 0.274 e. The van der Waals surface area contributed by atoms with Crippen molar-refractivity contribution in [2.24, 2.45) is 0 Å². The lowest BCUT2D eigenvalue weighted by atomic mass is 9.91. The fourth-order valence-electron chi connectivity index (χ4n) is 7.20. The second kappa shape index (κ2) is 13.6. The third kappa shape index (κ3) is 6.62. The second-order valence-electron chi connectivity index (χ2n) is 13.6. The molecule has 52 heavy (non-hydrogen) atoms. The van der Waals surface area contributed by atoms with Crippen LogP contribution in [0.15, 0.2) is 67.1 Å². The number of carbonyl (C=O) groups is 4. The van der Waals surface area contributed by atoms with Gasteiger partial charge < -0.3 is 20.1 Å². The number of aromatic nitrogens is 5. The Balaban J connectivity index is 0.845. The summed E-state index contributed by atoms with van der Waals surface area (Å²) in [6, 6.07) is 15.3. The van der Waals surface area contributed by atoms with Crippen molar-refractivity contribution in [3.63, 3.8) is 0 Å². The summed E-state index contributed by atoms with van der Waals surface area (Å²) in [6.45, 7) is 6.42. The van der Waals surface area contributed by atoms with Gasteiger partial charge in [0.05, 0.1) is 30.4 Å². The van der Waals surface area contributed by atoms with E-state index in [1.54, 1.807) is 41.3 Å². The molecule has 2 fully saturated rings. The van der Waals surface area contributed by atoms with Crippen LogP contribution in [0.2, 0.25) is 0 Å². The zero-order valence-electron chi connectivity index (χ0n) is 28.5. The fraction of sp³-hybridized carbons (Fsp3) is 0.324. The number of benzene rings is 1. The van der Waals surface area contributed by atoms with Gasteiger partial charge >= 0.3 is 0 Å². The number of anilines is 2. The van der Waals surface area contributed by atoms with Crippen molar-refractivity contribution < 1.29 is 23.6 Å². The van der Waals surface area contributed by atoms with Gasteiger partial charge in [-0.2, -0.15) is 9.49 Å². The van der Waals surface area contributed by atoms with Crippen molar-refractivity contribution >= 4 is 46.0 Å². The predicted octanol–water partition coefficient (Wildman–Crippen LogP) is 3.21. The summed E-state index contributed by atoms with van der Waals surface area (Å²) in [5, 5.41) is 13.3. The third-order valence-electron chi connectivity index (χ3n) is 10.0. The maximum atomic E-state index is 14.7. The molecule has 5 aromatic rings. The summed E-state index contributed by atoms with van der Waals surface area (Å²) in [4.78, 5) is 62.3. The largest absolute Gasteiger partial charge is 0.369 e. The highest BCUT2D eigenvalue weighted by Gasteiger charge is 2.30. The second-order valence-corrected chi connectivity index (χ2v) is 13.6. The molecule has 3 N–H and O–H groups in total. The molecule has 1 aromatic carbocycles. The van der Waals surface area contributed by atoms with Gasteiger partial charge in [0.15, 0.2) is 0 Å². The monoisotopic (exact) mass is 704 g/mol. The van der Waals surface area contributed by atoms with Crippen LogP contribution in [0.5, 0.6) is 0 Å². The van der Waals surface area contributed by atoms with Crippen molar-refractivity contribution in [3.05, 3.63) is 101 Å². The van der Waals surface area contributed by atoms with Crippen LogP contribution in [0.25, 0.3) is 11.0 Å². The van der Waals surface area contributed by atoms with E-state index >= 15 is 0 Å². The van der Waals surface area contributed by atoms with Crippen LogP contribution >= 0.6 is 0 Å². The lowest BCUT2D eigenvalue weighted by molar-refractivity contribution is -0.134. The van der Waals surface area contributed by atoms with Gasteiger partial charge in [-0.3, -0.25) is 34.1 Å². The predicted molar refractivity (Wildman–Crippen MR) is 189 cm³/mol. The quantitative estimate of drug-likeness (QED) is 0.163. The minimum absolute atomic E-state index is 0.0221. The Morgan fingerprint density at radius 1 is 1.00 bits per heavy atom. The van der Waals surface area contributed by atoms with Gasteiger partial charge in [0.25, 0.3) is 11.8 Å². The SMILES string of the molecule is C[C@@H]1CNC(=O)c2cc3ccc(C(=O)Nc4cnn(Cc5ccc(N6CCN(Cc7cc(C8CCC(=O)NC8=O)cnc7F)CC6)cc5)c4)nc3n21. The first-order valence-corrected chi connectivity index (χ1v) is 17.4. The Kier molecular flexibility index (Phi) is 8.71. The van der Waals surface area contributed by atoms with E-state index in [9.17, 15) is 23.6 Å². The first kappa shape index (κ1) is 33.2. The molecule has 3 aliphatic rings. The molecule has 1 unspecified atom stereocenters. The lowest BCUT2D eigenvalue weighted by Gasteiger charge is -2.36. The van der Waals surface area contributed by atoms with E-state index < -0.39 is 11.9 Å². The number of nitrogens with zero attached hydrogens (tertiary/aromatic N) is 7. The minimum atomic E-state index is -0.544. The first-order chi connectivity index (χ1) is 25.2. The van der Waals surface area contributed by atoms with Gasteiger partial charge in [0.2, 0.25) is 17.8 Å². The normalized spacial score (nSPS) is 19.3. The maximum Gasteiger partial charge on any atom is 0.274 e. The van der Waals surface area contributed by atoms with Crippen LogP contribution in [0, 0.1) is 5.95 Å². The maximum absolute atomic E-state index is 14.7. The number of amides is 4. The molecule has 15 heteroatoms. The average molecular weight is 705 g/mol. The highest BCUT2D eigenvalue weighted by molar-refractivity contribution is 6.05. The summed E-state index contributed by atoms with van der Waals surface area (Å²) in [6.07, 6.45) is 5.42. The number of halogens is 1. The Morgan fingerprint density at radius 3 is 2.60 bits per heavy atom. The Labute approximate surface area is 298 Å². The molecule has 266 valence electrons. The van der Waals surface area contributed by atoms with E-state index in [1.807, 2.05) is 11.5 Å². The van der Waals surface area contributed by atoms with E-state index in [1.165, 1.54) is 6.20 Å². The molecule has 7 heterocycles. The molecular weight excluding hydrogens is 667 g/mol. The van der Waals surface area contributed by atoms with Crippen molar-refractivity contribution in [2.75, 3.05) is 42.9 Å². The molecule has 3 aliphatic heterocycles. The van der Waals surface area contributed by atoms with E-state index in [4.69, 9.17) is 0 Å². The number of carbonyl (C=O) groups excluding carboxylic acids is 4. The van der Waals surface area contributed by atoms with Crippen LogP contribution in [0.1, 0.15) is 69.4 Å². The number of rotatable bonds is 8. The Hall–Kier alpha value is -5.96. The molecule has 0 bridgehead atoms. The van der Waals surface area contributed by atoms with E-state index in [-0.39, 0.29) is 41.8 Å². The summed E-state index contributed by atoms with van der Waals surface area (Å²) in [7, 11) is 0. The Bertz CT molecular complexity index is 2210. The molecule has 0 radical (unpaired) electrons. The topological polar surface area (TPSA) is 159 Å². The fourth-order valence-corrected chi connectivity index (χ4v) is 7.20. The number of hydrogen-bond acceptors (Lipinski definition) is 9. The lowest BCUT2D eigenvalue weighted by Crippen LogP contribution is -2.46. The minimum Gasteiger partial charge on any atom is -0.369 e.